The lowest BCUT2D eigenvalue weighted by molar-refractivity contribution is 0.0623. The second-order valence-electron chi connectivity index (χ2n) is 9.10. The quantitative estimate of drug-likeness (QED) is 0.148. The number of fused-ring (bicyclic) bond motifs is 1. The Morgan fingerprint density at radius 2 is 1.79 bits per heavy atom. The van der Waals surface area contributed by atoms with E-state index in [-0.39, 0.29) is 28.0 Å². The molecule has 3 atom stereocenters. The Morgan fingerprint density at radius 1 is 1.12 bits per heavy atom. The number of ether oxygens (including phenoxy) is 1. The van der Waals surface area contributed by atoms with Crippen LogP contribution in [0.5, 0.6) is 0 Å². The Balaban J connectivity index is 1.64. The van der Waals surface area contributed by atoms with Gasteiger partial charge in [-0.15, -0.1) is 0 Å². The number of hydrogen-bond acceptors (Lipinski definition) is 2. The molecule has 1 fully saturated rings. The van der Waals surface area contributed by atoms with Crippen molar-refractivity contribution in [2.24, 2.45) is 17.3 Å². The van der Waals surface area contributed by atoms with Crippen molar-refractivity contribution in [3.63, 3.8) is 0 Å². The van der Waals surface area contributed by atoms with E-state index in [1.807, 2.05) is 13.0 Å². The highest BCUT2D eigenvalue weighted by Crippen LogP contribution is 2.57. The molecule has 1 aromatic rings. The van der Waals surface area contributed by atoms with Crippen LogP contribution in [0.25, 0.3) is 5.57 Å². The molecule has 4 bridgehead atoms. The first-order chi connectivity index (χ1) is 15.5. The van der Waals surface area contributed by atoms with Gasteiger partial charge in [0.05, 0.1) is 5.56 Å². The van der Waals surface area contributed by atoms with Crippen molar-refractivity contribution in [3.8, 4) is 0 Å². The van der Waals surface area contributed by atoms with Gasteiger partial charge in [-0.05, 0) is 60.9 Å². The van der Waals surface area contributed by atoms with Gasteiger partial charge in [0.15, 0.2) is 17.4 Å². The minimum Gasteiger partial charge on any atom is -0.420 e. The topological polar surface area (TPSA) is 26.3 Å². The molecule has 0 saturated heterocycles. The fourth-order valence-corrected chi connectivity index (χ4v) is 4.85. The summed E-state index contributed by atoms with van der Waals surface area (Å²) in [6.07, 6.45) is 6.14. The molecule has 4 aliphatic carbocycles. The lowest BCUT2D eigenvalue weighted by Crippen LogP contribution is -2.20. The molecular formula is C27H24F4O2. The van der Waals surface area contributed by atoms with Crippen LogP contribution in [0, 0.1) is 17.3 Å². The van der Waals surface area contributed by atoms with Crippen molar-refractivity contribution in [3.05, 3.63) is 101 Å². The smallest absolute Gasteiger partial charge is 0.343 e. The molecule has 0 radical (unpaired) electrons. The monoisotopic (exact) mass is 456 g/mol. The van der Waals surface area contributed by atoms with E-state index in [9.17, 15) is 18.0 Å². The van der Waals surface area contributed by atoms with E-state index in [0.717, 1.165) is 18.4 Å². The summed E-state index contributed by atoms with van der Waals surface area (Å²) in [5, 5.41) is 0. The molecule has 172 valence electrons. The summed E-state index contributed by atoms with van der Waals surface area (Å²) in [6, 6.07) is 5.75. The fraction of sp³-hybridized carbons (Fsp3) is 0.296. The van der Waals surface area contributed by atoms with Gasteiger partial charge in [-0.2, -0.15) is 4.39 Å². The summed E-state index contributed by atoms with van der Waals surface area (Å²) in [5.74, 6) is -6.46. The number of hydrogen-bond donors (Lipinski definition) is 0. The van der Waals surface area contributed by atoms with Crippen LogP contribution < -0.4 is 0 Å². The maximum atomic E-state index is 15.3. The van der Waals surface area contributed by atoms with Gasteiger partial charge >= 0.3 is 5.97 Å². The Labute approximate surface area is 190 Å². The third-order valence-electron chi connectivity index (χ3n) is 6.83. The molecule has 0 heterocycles. The number of esters is 1. The lowest BCUT2D eigenvalue weighted by atomic mass is 9.72. The molecule has 0 aromatic heterocycles. The zero-order chi connectivity index (χ0) is 24.1. The first kappa shape index (κ1) is 23.0. The minimum atomic E-state index is -1.41. The van der Waals surface area contributed by atoms with Gasteiger partial charge in [0, 0.05) is 16.9 Å². The first-order valence-electron chi connectivity index (χ1n) is 10.7. The van der Waals surface area contributed by atoms with Crippen LogP contribution in [-0.4, -0.2) is 5.97 Å². The van der Waals surface area contributed by atoms with Crippen LogP contribution in [0.15, 0.2) is 89.8 Å². The maximum absolute atomic E-state index is 15.3. The van der Waals surface area contributed by atoms with Gasteiger partial charge in [-0.1, -0.05) is 44.4 Å². The van der Waals surface area contributed by atoms with Crippen LogP contribution >= 0.6 is 0 Å². The fourth-order valence-electron chi connectivity index (χ4n) is 4.85. The predicted molar refractivity (Wildman–Crippen MR) is 119 cm³/mol. The summed E-state index contributed by atoms with van der Waals surface area (Å²) in [7, 11) is 0. The van der Waals surface area contributed by atoms with Crippen molar-refractivity contribution < 1.29 is 27.1 Å². The summed E-state index contributed by atoms with van der Waals surface area (Å²) < 4.78 is 62.6. The van der Waals surface area contributed by atoms with E-state index in [1.165, 1.54) is 31.2 Å². The van der Waals surface area contributed by atoms with Crippen LogP contribution in [0.4, 0.5) is 17.6 Å². The highest BCUT2D eigenvalue weighted by atomic mass is 19.2. The molecular weight excluding hydrogens is 432 g/mol. The van der Waals surface area contributed by atoms with Gasteiger partial charge < -0.3 is 4.74 Å². The van der Waals surface area contributed by atoms with E-state index >= 15 is 4.39 Å². The summed E-state index contributed by atoms with van der Waals surface area (Å²) >= 11 is 0. The Morgan fingerprint density at radius 3 is 2.36 bits per heavy atom. The molecule has 0 aliphatic heterocycles. The third-order valence-corrected chi connectivity index (χ3v) is 6.83. The average Bonchev–Trinajstić information content (AvgIpc) is 3.00. The molecule has 2 unspecified atom stereocenters. The van der Waals surface area contributed by atoms with Crippen LogP contribution in [0.3, 0.4) is 0 Å². The van der Waals surface area contributed by atoms with Gasteiger partial charge in [0.25, 0.3) is 0 Å². The van der Waals surface area contributed by atoms with Gasteiger partial charge in [0.2, 0.25) is 5.83 Å². The van der Waals surface area contributed by atoms with Crippen molar-refractivity contribution in [1.82, 2.24) is 0 Å². The molecule has 33 heavy (non-hydrogen) atoms. The molecule has 0 amide bonds. The standard InChI is InChI=1S/C27H24F4O2/c1-14(2)22(28)23(29)15(3)33-26(32)18-7-5-17(6-8-18)21-20-13-19(24(30)25(21)31)16-9-11-27(20,4)12-10-16/h5-9,11,16,19H,1,3,10,12-13H2,2,4H3/b23-22-/t16?,19?,27-/m1/s1. The molecule has 4 aliphatic rings. The lowest BCUT2D eigenvalue weighted by Gasteiger charge is -2.32. The van der Waals surface area contributed by atoms with Crippen molar-refractivity contribution in [1.29, 1.82) is 0 Å². The van der Waals surface area contributed by atoms with E-state index < -0.39 is 41.0 Å². The normalized spacial score (nSPS) is 26.7. The summed E-state index contributed by atoms with van der Waals surface area (Å²) in [6.45, 7) is 9.82. The van der Waals surface area contributed by atoms with Crippen molar-refractivity contribution in [2.75, 3.05) is 0 Å². The number of allylic oxidation sites excluding steroid dienone is 9. The molecule has 1 aromatic carbocycles. The van der Waals surface area contributed by atoms with Crippen LogP contribution in [-0.2, 0) is 4.74 Å². The van der Waals surface area contributed by atoms with E-state index in [2.05, 4.69) is 19.2 Å². The van der Waals surface area contributed by atoms with Crippen molar-refractivity contribution >= 4 is 11.5 Å². The Bertz CT molecular complexity index is 1180. The summed E-state index contributed by atoms with van der Waals surface area (Å²) in [5.41, 5.74) is 1.02. The molecule has 6 heteroatoms. The Kier molecular flexibility index (Phi) is 5.81. The van der Waals surface area contributed by atoms with Gasteiger partial charge in [-0.3, -0.25) is 0 Å². The predicted octanol–water partition coefficient (Wildman–Crippen LogP) is 7.99. The second-order valence-corrected chi connectivity index (χ2v) is 9.10. The van der Waals surface area contributed by atoms with E-state index in [1.54, 1.807) is 0 Å². The average molecular weight is 456 g/mol. The summed E-state index contributed by atoms with van der Waals surface area (Å²) in [4.78, 5) is 12.3. The maximum Gasteiger partial charge on any atom is 0.343 e. The highest BCUT2D eigenvalue weighted by Gasteiger charge is 2.46. The van der Waals surface area contributed by atoms with Gasteiger partial charge in [0.1, 0.15) is 5.83 Å². The van der Waals surface area contributed by atoms with E-state index in [0.29, 0.717) is 12.0 Å². The van der Waals surface area contributed by atoms with Crippen molar-refractivity contribution in [2.45, 2.75) is 33.1 Å². The first-order valence-corrected chi connectivity index (χ1v) is 10.7. The number of rotatable bonds is 5. The van der Waals surface area contributed by atoms with Crippen LogP contribution in [0.1, 0.15) is 49.0 Å². The molecule has 1 saturated carbocycles. The molecule has 0 N–H and O–H groups in total. The largest absolute Gasteiger partial charge is 0.420 e. The molecule has 2 nitrogen and oxygen atoms in total. The van der Waals surface area contributed by atoms with E-state index in [4.69, 9.17) is 4.74 Å². The SMILES string of the molecule is C=C(C)/C(F)=C(/F)C(=C)OC(=O)c1ccc(C2=C3CC(C(F)=C2F)C2C=C[C@]3(C)CC2)cc1. The number of halogens is 4. The van der Waals surface area contributed by atoms with Gasteiger partial charge in [-0.25, -0.2) is 18.0 Å². The van der Waals surface area contributed by atoms with Crippen LogP contribution in [0.2, 0.25) is 0 Å². The number of benzene rings is 1. The highest BCUT2D eigenvalue weighted by molar-refractivity contribution is 5.91. The second kappa shape index (κ2) is 8.32. The molecule has 5 rings (SSSR count). The number of carbonyl (C=O) groups is 1. The zero-order valence-corrected chi connectivity index (χ0v) is 18.5. The third kappa shape index (κ3) is 3.92. The zero-order valence-electron chi connectivity index (χ0n) is 18.5. The molecule has 0 spiro atoms. The number of carbonyl (C=O) groups excluding carboxylic acids is 1. The minimum absolute atomic E-state index is 0.00252. The Hall–Kier alpha value is -3.15.